The maximum Gasteiger partial charge on any atom is 0.163 e. The van der Waals surface area contributed by atoms with Crippen molar-refractivity contribution in [1.29, 1.82) is 0 Å². The van der Waals surface area contributed by atoms with E-state index in [1.807, 2.05) is 0 Å². The van der Waals surface area contributed by atoms with Gasteiger partial charge < -0.3 is 5.32 Å². The zero-order chi connectivity index (χ0) is 14.2. The topological polar surface area (TPSA) is 29.1 Å². The van der Waals surface area contributed by atoms with Crippen LogP contribution in [0.25, 0.3) is 0 Å². The van der Waals surface area contributed by atoms with Gasteiger partial charge in [-0.25, -0.2) is 0 Å². The number of carbonyl (C=O) groups excluding carboxylic acids is 1. The molecule has 1 N–H and O–H groups in total. The molecule has 0 amide bonds. The summed E-state index contributed by atoms with van der Waals surface area (Å²) in [5.41, 5.74) is 2.35. The average molecular weight is 283 g/mol. The van der Waals surface area contributed by atoms with Crippen LogP contribution in [0, 0.1) is 5.92 Å². The van der Waals surface area contributed by atoms with Crippen LogP contribution in [0.3, 0.4) is 0 Å². The molecule has 2 heteroatoms. The second-order valence-corrected chi connectivity index (χ2v) is 7.35. The standard InChI is InChI=1S/C19H25NO/c21-19(12-13-10-17-8-9-18(11-13)20-17)16-6-4-15(5-7-16)14-2-1-3-14/h4-7,13-14,17-18,20H,1-3,8-12H2. The van der Waals surface area contributed by atoms with Crippen molar-refractivity contribution in [3.05, 3.63) is 35.4 Å². The van der Waals surface area contributed by atoms with Gasteiger partial charge in [0, 0.05) is 24.1 Å². The van der Waals surface area contributed by atoms with Crippen LogP contribution in [0.15, 0.2) is 24.3 Å². The fourth-order valence-corrected chi connectivity index (χ4v) is 4.40. The largest absolute Gasteiger partial charge is 0.311 e. The lowest BCUT2D eigenvalue weighted by atomic mass is 9.79. The molecular weight excluding hydrogens is 258 g/mol. The molecule has 2 bridgehead atoms. The maximum atomic E-state index is 12.5. The Morgan fingerprint density at radius 1 is 1.00 bits per heavy atom. The third kappa shape index (κ3) is 2.78. The summed E-state index contributed by atoms with van der Waals surface area (Å²) < 4.78 is 0. The second kappa shape index (κ2) is 5.57. The van der Waals surface area contributed by atoms with Gasteiger partial charge in [0.05, 0.1) is 0 Å². The highest BCUT2D eigenvalue weighted by Gasteiger charge is 2.34. The molecule has 2 nitrogen and oxygen atoms in total. The highest BCUT2D eigenvalue weighted by Crippen LogP contribution is 2.37. The van der Waals surface area contributed by atoms with Crippen molar-refractivity contribution >= 4 is 5.78 Å². The van der Waals surface area contributed by atoms with E-state index in [4.69, 9.17) is 0 Å². The van der Waals surface area contributed by atoms with E-state index < -0.39 is 0 Å². The number of carbonyl (C=O) groups is 1. The van der Waals surface area contributed by atoms with Gasteiger partial charge in [0.1, 0.15) is 0 Å². The fraction of sp³-hybridized carbons (Fsp3) is 0.632. The van der Waals surface area contributed by atoms with Crippen molar-refractivity contribution < 1.29 is 4.79 Å². The molecule has 4 rings (SSSR count). The highest BCUT2D eigenvalue weighted by atomic mass is 16.1. The van der Waals surface area contributed by atoms with Crippen molar-refractivity contribution in [2.75, 3.05) is 0 Å². The molecule has 2 atom stereocenters. The Hall–Kier alpha value is -1.15. The molecule has 2 saturated heterocycles. The molecular formula is C19H25NO. The molecule has 3 aliphatic rings. The molecule has 0 aromatic heterocycles. The third-order valence-corrected chi connectivity index (χ3v) is 5.85. The van der Waals surface area contributed by atoms with E-state index in [0.29, 0.717) is 23.8 Å². The summed E-state index contributed by atoms with van der Waals surface area (Å²) in [5, 5.41) is 3.65. The van der Waals surface area contributed by atoms with E-state index in [9.17, 15) is 4.79 Å². The van der Waals surface area contributed by atoms with Gasteiger partial charge in [0.2, 0.25) is 0 Å². The van der Waals surface area contributed by atoms with Gasteiger partial charge in [-0.15, -0.1) is 0 Å². The van der Waals surface area contributed by atoms with Crippen molar-refractivity contribution in [2.45, 2.75) is 69.4 Å². The molecule has 1 aliphatic carbocycles. The lowest BCUT2D eigenvalue weighted by Gasteiger charge is -2.28. The first kappa shape index (κ1) is 13.5. The number of Topliss-reactive ketones (excluding diaryl/α,β-unsaturated/α-hetero) is 1. The summed E-state index contributed by atoms with van der Waals surface area (Å²) in [7, 11) is 0. The Bertz CT molecular complexity index is 505. The minimum Gasteiger partial charge on any atom is -0.311 e. The number of fused-ring (bicyclic) bond motifs is 2. The van der Waals surface area contributed by atoms with Gasteiger partial charge in [0.25, 0.3) is 0 Å². The van der Waals surface area contributed by atoms with Gasteiger partial charge in [-0.2, -0.15) is 0 Å². The lowest BCUT2D eigenvalue weighted by Crippen LogP contribution is -2.38. The van der Waals surface area contributed by atoms with Gasteiger partial charge in [-0.1, -0.05) is 30.7 Å². The molecule has 1 aromatic rings. The molecule has 0 radical (unpaired) electrons. The second-order valence-electron chi connectivity index (χ2n) is 7.35. The quantitative estimate of drug-likeness (QED) is 0.844. The van der Waals surface area contributed by atoms with E-state index in [2.05, 4.69) is 29.6 Å². The van der Waals surface area contributed by atoms with Crippen LogP contribution in [0.2, 0.25) is 0 Å². The van der Waals surface area contributed by atoms with Crippen LogP contribution in [0.4, 0.5) is 0 Å². The van der Waals surface area contributed by atoms with E-state index in [1.54, 1.807) is 0 Å². The smallest absolute Gasteiger partial charge is 0.163 e. The summed E-state index contributed by atoms with van der Waals surface area (Å²) in [5.74, 6) is 1.71. The van der Waals surface area contributed by atoms with Gasteiger partial charge in [-0.3, -0.25) is 4.79 Å². The predicted octanol–water partition coefficient (Wildman–Crippen LogP) is 4.06. The van der Waals surface area contributed by atoms with Crippen LogP contribution in [-0.4, -0.2) is 17.9 Å². The number of hydrogen-bond donors (Lipinski definition) is 1. The average Bonchev–Trinajstić information content (AvgIpc) is 2.77. The summed E-state index contributed by atoms with van der Waals surface area (Å²) >= 11 is 0. The monoisotopic (exact) mass is 283 g/mol. The Morgan fingerprint density at radius 3 is 2.24 bits per heavy atom. The first-order chi connectivity index (χ1) is 10.3. The number of hydrogen-bond acceptors (Lipinski definition) is 2. The van der Waals surface area contributed by atoms with E-state index in [0.717, 1.165) is 17.9 Å². The van der Waals surface area contributed by atoms with Crippen LogP contribution >= 0.6 is 0 Å². The van der Waals surface area contributed by atoms with E-state index >= 15 is 0 Å². The first-order valence-corrected chi connectivity index (χ1v) is 8.67. The highest BCUT2D eigenvalue weighted by molar-refractivity contribution is 5.96. The number of piperidine rings is 1. The van der Waals surface area contributed by atoms with Crippen LogP contribution in [0.5, 0.6) is 0 Å². The minimum absolute atomic E-state index is 0.349. The van der Waals surface area contributed by atoms with Crippen molar-refractivity contribution in [3.8, 4) is 0 Å². The number of rotatable bonds is 4. The summed E-state index contributed by atoms with van der Waals surface area (Å²) in [4.78, 5) is 12.5. The molecule has 1 saturated carbocycles. The zero-order valence-corrected chi connectivity index (χ0v) is 12.7. The Balaban J connectivity index is 1.38. The lowest BCUT2D eigenvalue weighted by molar-refractivity contribution is 0.0945. The van der Waals surface area contributed by atoms with Gasteiger partial charge >= 0.3 is 0 Å². The predicted molar refractivity (Wildman–Crippen MR) is 84.7 cm³/mol. The van der Waals surface area contributed by atoms with Gasteiger partial charge in [-0.05, 0) is 55.9 Å². The van der Waals surface area contributed by atoms with Crippen molar-refractivity contribution in [2.24, 2.45) is 5.92 Å². The molecule has 112 valence electrons. The summed E-state index contributed by atoms with van der Waals surface area (Å²) in [6.45, 7) is 0. The van der Waals surface area contributed by atoms with Crippen LogP contribution in [0.1, 0.15) is 73.2 Å². The number of benzene rings is 1. The normalized spacial score (nSPS) is 31.9. The molecule has 3 fully saturated rings. The number of nitrogens with one attached hydrogen (secondary N) is 1. The SMILES string of the molecule is O=C(CC1CC2CCC(C1)N2)c1ccc(C2CCC2)cc1. The minimum atomic E-state index is 0.349. The fourth-order valence-electron chi connectivity index (χ4n) is 4.40. The van der Waals surface area contributed by atoms with Crippen molar-refractivity contribution in [1.82, 2.24) is 5.32 Å². The molecule has 2 heterocycles. The summed E-state index contributed by atoms with van der Waals surface area (Å²) in [6.07, 6.45) is 9.78. The van der Waals surface area contributed by atoms with Crippen molar-refractivity contribution in [3.63, 3.8) is 0 Å². The van der Waals surface area contributed by atoms with Crippen LogP contribution < -0.4 is 5.32 Å². The van der Waals surface area contributed by atoms with E-state index in [-0.39, 0.29) is 0 Å². The number of ketones is 1. The van der Waals surface area contributed by atoms with Crippen LogP contribution in [-0.2, 0) is 0 Å². The molecule has 2 unspecified atom stereocenters. The molecule has 1 aromatic carbocycles. The Morgan fingerprint density at radius 2 is 1.67 bits per heavy atom. The maximum absolute atomic E-state index is 12.5. The summed E-state index contributed by atoms with van der Waals surface area (Å²) in [6, 6.07) is 9.86. The Kier molecular flexibility index (Phi) is 3.58. The van der Waals surface area contributed by atoms with Gasteiger partial charge in [0.15, 0.2) is 5.78 Å². The molecule has 0 spiro atoms. The molecule has 2 aliphatic heterocycles. The third-order valence-electron chi connectivity index (χ3n) is 5.85. The molecule has 21 heavy (non-hydrogen) atoms. The van der Waals surface area contributed by atoms with E-state index in [1.165, 1.54) is 50.5 Å². The first-order valence-electron chi connectivity index (χ1n) is 8.67. The Labute approximate surface area is 127 Å². The zero-order valence-electron chi connectivity index (χ0n) is 12.7.